The molecular weight excluding hydrogens is 396 g/mol. The van der Waals surface area contributed by atoms with Gasteiger partial charge in [-0.2, -0.15) is 0 Å². The number of aromatic nitrogens is 4. The molecule has 1 aliphatic rings. The molecule has 3 aromatic heterocycles. The first kappa shape index (κ1) is 21.1. The second kappa shape index (κ2) is 9.76. The third kappa shape index (κ3) is 5.71. The maximum atomic E-state index is 9.77. The molecule has 3 N–H and O–H groups in total. The topological polar surface area (TPSA) is 95.9 Å². The smallest absolute Gasteiger partial charge is 0.223 e. The Hall–Kier alpha value is -2.16. The summed E-state index contributed by atoms with van der Waals surface area (Å²) in [5, 5.41) is 17.8. The molecule has 3 aromatic rings. The molecule has 3 heterocycles. The van der Waals surface area contributed by atoms with Crippen LogP contribution in [0.15, 0.2) is 24.4 Å². The highest BCUT2D eigenvalue weighted by molar-refractivity contribution is 7.18. The van der Waals surface area contributed by atoms with E-state index in [0.29, 0.717) is 30.9 Å². The van der Waals surface area contributed by atoms with Gasteiger partial charge in [-0.05, 0) is 56.3 Å². The maximum Gasteiger partial charge on any atom is 0.223 e. The van der Waals surface area contributed by atoms with Gasteiger partial charge >= 0.3 is 0 Å². The van der Waals surface area contributed by atoms with E-state index in [2.05, 4.69) is 35.5 Å². The molecule has 0 radical (unpaired) electrons. The molecule has 0 aliphatic heterocycles. The fraction of sp³-hybridized carbons (Fsp3) is 0.545. The number of pyridine rings is 1. The first-order chi connectivity index (χ1) is 14.5. The second-order valence-electron chi connectivity index (χ2n) is 8.46. The molecule has 8 heteroatoms. The Morgan fingerprint density at radius 2 is 1.93 bits per heavy atom. The van der Waals surface area contributed by atoms with Gasteiger partial charge in [0.1, 0.15) is 15.4 Å². The summed E-state index contributed by atoms with van der Waals surface area (Å²) in [7, 11) is 0. The van der Waals surface area contributed by atoms with Crippen molar-refractivity contribution in [3.05, 3.63) is 40.8 Å². The number of nitrogens with zero attached hydrogens (tertiary/aromatic N) is 4. The van der Waals surface area contributed by atoms with Crippen molar-refractivity contribution in [1.82, 2.24) is 25.3 Å². The molecule has 7 nitrogen and oxygen atoms in total. The van der Waals surface area contributed by atoms with Crippen LogP contribution in [-0.4, -0.2) is 43.7 Å². The molecule has 0 spiro atoms. The zero-order valence-electron chi connectivity index (χ0n) is 17.6. The summed E-state index contributed by atoms with van der Waals surface area (Å²) >= 11 is 1.62. The largest absolute Gasteiger partial charge is 0.393 e. The predicted octanol–water partition coefficient (Wildman–Crippen LogP) is 3.53. The highest BCUT2D eigenvalue weighted by Crippen LogP contribution is 2.23. The summed E-state index contributed by atoms with van der Waals surface area (Å²) in [6.45, 7) is 6.06. The van der Waals surface area contributed by atoms with Crippen molar-refractivity contribution < 1.29 is 5.11 Å². The van der Waals surface area contributed by atoms with E-state index in [9.17, 15) is 5.11 Å². The standard InChI is InChI=1S/C22H30N6OS/c1-14(2)12-23-13-17-10-16(11-20-28-19-4-3-9-24-21(19)30-20)26-22(27-17)25-15-5-7-18(29)8-6-15/h3-4,9-10,14-15,18,23,29H,5-8,11-13H2,1-2H3,(H,25,26,27). The Labute approximate surface area is 181 Å². The number of hydrogen-bond donors (Lipinski definition) is 3. The summed E-state index contributed by atoms with van der Waals surface area (Å²) in [6, 6.07) is 6.29. The first-order valence-electron chi connectivity index (χ1n) is 10.8. The Morgan fingerprint density at radius 1 is 1.13 bits per heavy atom. The minimum absolute atomic E-state index is 0.168. The average Bonchev–Trinajstić information content (AvgIpc) is 3.11. The van der Waals surface area contributed by atoms with Crippen molar-refractivity contribution in [2.75, 3.05) is 11.9 Å². The Balaban J connectivity index is 1.52. The van der Waals surface area contributed by atoms with Crippen LogP contribution < -0.4 is 10.6 Å². The molecule has 0 saturated heterocycles. The number of fused-ring (bicyclic) bond motifs is 1. The van der Waals surface area contributed by atoms with Crippen molar-refractivity contribution in [3.8, 4) is 0 Å². The van der Waals surface area contributed by atoms with Crippen molar-refractivity contribution in [3.63, 3.8) is 0 Å². The summed E-state index contributed by atoms with van der Waals surface area (Å²) in [4.78, 5) is 19.6. The van der Waals surface area contributed by atoms with E-state index in [1.165, 1.54) is 0 Å². The quantitative estimate of drug-likeness (QED) is 0.507. The van der Waals surface area contributed by atoms with Gasteiger partial charge in [-0.3, -0.25) is 0 Å². The summed E-state index contributed by atoms with van der Waals surface area (Å²) in [6.07, 6.45) is 5.85. The number of aliphatic hydroxyl groups excluding tert-OH is 1. The van der Waals surface area contributed by atoms with Gasteiger partial charge in [-0.15, -0.1) is 0 Å². The van der Waals surface area contributed by atoms with Crippen molar-refractivity contribution in [1.29, 1.82) is 0 Å². The van der Waals surface area contributed by atoms with Crippen LogP contribution in [0, 0.1) is 5.92 Å². The molecule has 1 saturated carbocycles. The zero-order valence-corrected chi connectivity index (χ0v) is 18.5. The van der Waals surface area contributed by atoms with Crippen LogP contribution in [0.2, 0.25) is 0 Å². The number of hydrogen-bond acceptors (Lipinski definition) is 8. The maximum absolute atomic E-state index is 9.77. The van der Waals surface area contributed by atoms with Crippen LogP contribution in [0.4, 0.5) is 5.95 Å². The van der Waals surface area contributed by atoms with Crippen LogP contribution >= 0.6 is 11.3 Å². The van der Waals surface area contributed by atoms with Crippen molar-refractivity contribution in [2.24, 2.45) is 5.92 Å². The van der Waals surface area contributed by atoms with Gasteiger partial charge in [0, 0.05) is 25.2 Å². The third-order valence-electron chi connectivity index (χ3n) is 5.26. The van der Waals surface area contributed by atoms with Crippen LogP contribution in [-0.2, 0) is 13.0 Å². The van der Waals surface area contributed by atoms with Crippen LogP contribution in [0.3, 0.4) is 0 Å². The Kier molecular flexibility index (Phi) is 6.86. The molecule has 4 rings (SSSR count). The highest BCUT2D eigenvalue weighted by atomic mass is 32.1. The molecule has 0 amide bonds. The van der Waals surface area contributed by atoms with Gasteiger partial charge in [0.25, 0.3) is 0 Å². The third-order valence-corrected chi connectivity index (χ3v) is 6.24. The molecular formula is C22H30N6OS. The minimum atomic E-state index is -0.168. The first-order valence-corrected chi connectivity index (χ1v) is 11.6. The molecule has 1 aliphatic carbocycles. The van der Waals surface area contributed by atoms with E-state index in [1.54, 1.807) is 17.5 Å². The lowest BCUT2D eigenvalue weighted by Crippen LogP contribution is -2.29. The minimum Gasteiger partial charge on any atom is -0.393 e. The van der Waals surface area contributed by atoms with Gasteiger partial charge < -0.3 is 15.7 Å². The average molecular weight is 427 g/mol. The molecule has 0 bridgehead atoms. The predicted molar refractivity (Wildman–Crippen MR) is 121 cm³/mol. The number of thiazole rings is 1. The fourth-order valence-corrected chi connectivity index (χ4v) is 4.66. The van der Waals surface area contributed by atoms with E-state index in [1.807, 2.05) is 12.1 Å². The lowest BCUT2D eigenvalue weighted by molar-refractivity contribution is 0.126. The van der Waals surface area contributed by atoms with Crippen molar-refractivity contribution in [2.45, 2.75) is 64.6 Å². The van der Waals surface area contributed by atoms with Crippen molar-refractivity contribution >= 4 is 27.6 Å². The van der Waals surface area contributed by atoms with Gasteiger partial charge in [-0.1, -0.05) is 25.2 Å². The fourth-order valence-electron chi connectivity index (χ4n) is 3.74. The summed E-state index contributed by atoms with van der Waals surface area (Å²) in [5.41, 5.74) is 2.88. The lowest BCUT2D eigenvalue weighted by atomic mass is 9.93. The van der Waals surface area contributed by atoms with E-state index in [4.69, 9.17) is 15.0 Å². The molecule has 1 fully saturated rings. The van der Waals surface area contributed by atoms with Gasteiger partial charge in [0.05, 0.1) is 17.5 Å². The summed E-state index contributed by atoms with van der Waals surface area (Å²) < 4.78 is 0. The zero-order chi connectivity index (χ0) is 20.9. The number of anilines is 1. The monoisotopic (exact) mass is 426 g/mol. The van der Waals surface area contributed by atoms with Crippen LogP contribution in [0.1, 0.15) is 55.9 Å². The molecule has 0 unspecified atom stereocenters. The van der Waals surface area contributed by atoms with E-state index in [-0.39, 0.29) is 6.10 Å². The van der Waals surface area contributed by atoms with Gasteiger partial charge in [-0.25, -0.2) is 19.9 Å². The van der Waals surface area contributed by atoms with Gasteiger partial charge in [0.2, 0.25) is 5.95 Å². The number of nitrogens with one attached hydrogen (secondary N) is 2. The summed E-state index contributed by atoms with van der Waals surface area (Å²) in [5.74, 6) is 1.27. The van der Waals surface area contributed by atoms with Crippen LogP contribution in [0.5, 0.6) is 0 Å². The second-order valence-corrected chi connectivity index (χ2v) is 9.52. The normalized spacial score (nSPS) is 19.5. The van der Waals surface area contributed by atoms with Crippen LogP contribution in [0.25, 0.3) is 10.3 Å². The molecule has 30 heavy (non-hydrogen) atoms. The molecule has 160 valence electrons. The molecule has 0 aromatic carbocycles. The van der Waals surface area contributed by atoms with E-state index in [0.717, 1.165) is 59.0 Å². The van der Waals surface area contributed by atoms with Gasteiger partial charge in [0.15, 0.2) is 0 Å². The van der Waals surface area contributed by atoms with E-state index < -0.39 is 0 Å². The Bertz CT molecular complexity index is 934. The highest BCUT2D eigenvalue weighted by Gasteiger charge is 2.20. The molecule has 0 atom stereocenters. The number of rotatable bonds is 8. The lowest BCUT2D eigenvalue weighted by Gasteiger charge is -2.26. The number of aliphatic hydroxyl groups is 1. The van der Waals surface area contributed by atoms with E-state index >= 15 is 0 Å². The Morgan fingerprint density at radius 3 is 2.70 bits per heavy atom. The SMILES string of the molecule is CC(C)CNCc1cc(Cc2nc3cccnc3s2)nc(NC2CCC(O)CC2)n1.